The Balaban J connectivity index is 2.89. The summed E-state index contributed by atoms with van der Waals surface area (Å²) in [6.45, 7) is 4.82. The van der Waals surface area contributed by atoms with Crippen LogP contribution in [0.3, 0.4) is 0 Å². The molecule has 1 aliphatic heterocycles. The molecular weight excluding hydrogens is 410 g/mol. The molecule has 0 radical (unpaired) electrons. The van der Waals surface area contributed by atoms with Crippen LogP contribution in [0.2, 0.25) is 0 Å². The Kier molecular flexibility index (Phi) is 9.85. The van der Waals surface area contributed by atoms with Crippen LogP contribution in [0.1, 0.15) is 46.5 Å². The molecule has 176 valence electrons. The SMILES string of the molecule is CC(C)[C@H](NC(=O)[C@@H]1CCCN1C(=O)[C@@H](NC(=O)[C@@H](N)CCC(N)=O)[C@@H](C)O)C(=O)O. The van der Waals surface area contributed by atoms with Crippen LogP contribution < -0.4 is 22.1 Å². The summed E-state index contributed by atoms with van der Waals surface area (Å²) in [5.41, 5.74) is 10.7. The van der Waals surface area contributed by atoms with Gasteiger partial charge in [-0.05, 0) is 32.1 Å². The Bertz CT molecular complexity index is 697. The van der Waals surface area contributed by atoms with Gasteiger partial charge in [0.1, 0.15) is 18.1 Å². The van der Waals surface area contributed by atoms with E-state index in [4.69, 9.17) is 11.5 Å². The highest BCUT2D eigenvalue weighted by atomic mass is 16.4. The van der Waals surface area contributed by atoms with Crippen molar-refractivity contribution in [2.24, 2.45) is 17.4 Å². The highest BCUT2D eigenvalue weighted by Crippen LogP contribution is 2.20. The van der Waals surface area contributed by atoms with Crippen molar-refractivity contribution in [2.45, 2.75) is 76.7 Å². The summed E-state index contributed by atoms with van der Waals surface area (Å²) in [6.07, 6.45) is -0.603. The number of primary amides is 1. The first-order chi connectivity index (χ1) is 14.4. The normalized spacial score (nSPS) is 19.9. The summed E-state index contributed by atoms with van der Waals surface area (Å²) in [7, 11) is 0. The number of nitrogens with two attached hydrogens (primary N) is 2. The van der Waals surface area contributed by atoms with E-state index >= 15 is 0 Å². The van der Waals surface area contributed by atoms with Crippen molar-refractivity contribution < 1.29 is 34.2 Å². The molecule has 0 aliphatic carbocycles. The third-order valence-electron chi connectivity index (χ3n) is 5.15. The largest absolute Gasteiger partial charge is 0.480 e. The Morgan fingerprint density at radius 2 is 1.71 bits per heavy atom. The van der Waals surface area contributed by atoms with Crippen LogP contribution >= 0.6 is 0 Å². The van der Waals surface area contributed by atoms with Gasteiger partial charge in [-0.15, -0.1) is 0 Å². The number of rotatable bonds is 11. The zero-order valence-corrected chi connectivity index (χ0v) is 18.0. The van der Waals surface area contributed by atoms with Crippen molar-refractivity contribution >= 4 is 29.6 Å². The van der Waals surface area contributed by atoms with E-state index in [1.54, 1.807) is 13.8 Å². The van der Waals surface area contributed by atoms with Crippen molar-refractivity contribution in [1.82, 2.24) is 15.5 Å². The molecule has 0 aromatic rings. The van der Waals surface area contributed by atoms with Gasteiger partial charge in [-0.3, -0.25) is 19.2 Å². The van der Waals surface area contributed by atoms with Crippen molar-refractivity contribution in [3.63, 3.8) is 0 Å². The van der Waals surface area contributed by atoms with Crippen molar-refractivity contribution in [1.29, 1.82) is 0 Å². The first-order valence-electron chi connectivity index (χ1n) is 10.2. The minimum Gasteiger partial charge on any atom is -0.480 e. The fourth-order valence-electron chi connectivity index (χ4n) is 3.32. The number of aliphatic hydroxyl groups excluding tert-OH is 1. The van der Waals surface area contributed by atoms with Gasteiger partial charge >= 0.3 is 5.97 Å². The molecule has 4 amide bonds. The average molecular weight is 444 g/mol. The van der Waals surface area contributed by atoms with Gasteiger partial charge in [0.15, 0.2) is 0 Å². The standard InChI is InChI=1S/C19H33N5O7/c1-9(2)14(19(30)31)22-17(28)12-5-4-8-24(12)18(29)15(10(3)25)23-16(27)11(20)6-7-13(21)26/h9-12,14-15,25H,4-8,20H2,1-3H3,(H2,21,26)(H,22,28)(H,23,27)(H,30,31)/t10-,11+,12+,14+,15+/m1/s1. The maximum Gasteiger partial charge on any atom is 0.326 e. The summed E-state index contributed by atoms with van der Waals surface area (Å²) >= 11 is 0. The second kappa shape index (κ2) is 11.6. The number of aliphatic hydroxyl groups is 1. The highest BCUT2D eigenvalue weighted by molar-refractivity contribution is 5.95. The molecule has 0 aromatic heterocycles. The molecule has 0 bridgehead atoms. The number of carboxylic acids is 1. The third-order valence-corrected chi connectivity index (χ3v) is 5.15. The summed E-state index contributed by atoms with van der Waals surface area (Å²) in [5.74, 6) is -4.21. The summed E-state index contributed by atoms with van der Waals surface area (Å²) in [4.78, 5) is 61.4. The maximum atomic E-state index is 13.0. The maximum absolute atomic E-state index is 13.0. The quantitative estimate of drug-likeness (QED) is 0.203. The van der Waals surface area contributed by atoms with Crippen LogP contribution in [0.25, 0.3) is 0 Å². The number of nitrogens with zero attached hydrogens (tertiary/aromatic N) is 1. The van der Waals surface area contributed by atoms with Crippen LogP contribution in [0.15, 0.2) is 0 Å². The Morgan fingerprint density at radius 1 is 1.10 bits per heavy atom. The van der Waals surface area contributed by atoms with Crippen molar-refractivity contribution in [2.75, 3.05) is 6.54 Å². The minimum atomic E-state index is -1.36. The van der Waals surface area contributed by atoms with Gasteiger partial charge in [0, 0.05) is 13.0 Å². The molecule has 1 fully saturated rings. The van der Waals surface area contributed by atoms with E-state index in [2.05, 4.69) is 10.6 Å². The van der Waals surface area contributed by atoms with Gasteiger partial charge in [0.05, 0.1) is 12.1 Å². The predicted molar refractivity (Wildman–Crippen MR) is 109 cm³/mol. The number of carbonyl (C=O) groups is 5. The van der Waals surface area contributed by atoms with Crippen LogP contribution in [-0.4, -0.2) is 81.5 Å². The fourth-order valence-corrected chi connectivity index (χ4v) is 3.32. The highest BCUT2D eigenvalue weighted by Gasteiger charge is 2.40. The molecule has 12 heteroatoms. The molecule has 0 aromatic carbocycles. The summed E-state index contributed by atoms with van der Waals surface area (Å²) < 4.78 is 0. The molecule has 1 saturated heterocycles. The molecular formula is C19H33N5O7. The molecule has 1 heterocycles. The van der Waals surface area contributed by atoms with E-state index in [0.717, 1.165) is 0 Å². The third kappa shape index (κ3) is 7.47. The number of likely N-dealkylation sites (tertiary alicyclic amines) is 1. The smallest absolute Gasteiger partial charge is 0.326 e. The fraction of sp³-hybridized carbons (Fsp3) is 0.737. The van der Waals surface area contributed by atoms with E-state index in [1.165, 1.54) is 11.8 Å². The minimum absolute atomic E-state index is 0.0254. The first-order valence-corrected chi connectivity index (χ1v) is 10.2. The molecule has 5 atom stereocenters. The van der Waals surface area contributed by atoms with Gasteiger partial charge in [-0.25, -0.2) is 4.79 Å². The topological polar surface area (TPSA) is 205 Å². The van der Waals surface area contributed by atoms with Crippen molar-refractivity contribution in [3.05, 3.63) is 0 Å². The van der Waals surface area contributed by atoms with Crippen molar-refractivity contribution in [3.8, 4) is 0 Å². The molecule has 1 rings (SSSR count). The van der Waals surface area contributed by atoms with Gasteiger partial charge < -0.3 is 37.2 Å². The molecule has 12 nitrogen and oxygen atoms in total. The number of nitrogens with one attached hydrogen (secondary N) is 2. The predicted octanol–water partition coefficient (Wildman–Crippen LogP) is -2.34. The lowest BCUT2D eigenvalue weighted by atomic mass is 10.0. The Labute approximate surface area is 180 Å². The molecule has 0 unspecified atom stereocenters. The number of hydrogen-bond acceptors (Lipinski definition) is 7. The molecule has 0 spiro atoms. The number of amides is 4. The number of carboxylic acid groups (broad SMARTS) is 1. The van der Waals surface area contributed by atoms with E-state index in [0.29, 0.717) is 12.8 Å². The van der Waals surface area contributed by atoms with Crippen LogP contribution in [0, 0.1) is 5.92 Å². The van der Waals surface area contributed by atoms with E-state index < -0.39 is 59.9 Å². The lowest BCUT2D eigenvalue weighted by Gasteiger charge is -2.31. The average Bonchev–Trinajstić information content (AvgIpc) is 3.16. The zero-order valence-electron chi connectivity index (χ0n) is 18.0. The Hall–Kier alpha value is -2.73. The number of carbonyl (C=O) groups excluding carboxylic acids is 4. The lowest BCUT2D eigenvalue weighted by molar-refractivity contribution is -0.146. The monoisotopic (exact) mass is 443 g/mol. The second-order valence-electron chi connectivity index (χ2n) is 8.10. The van der Waals surface area contributed by atoms with E-state index in [-0.39, 0.29) is 25.3 Å². The van der Waals surface area contributed by atoms with E-state index in [9.17, 15) is 34.2 Å². The molecule has 0 saturated carbocycles. The lowest BCUT2D eigenvalue weighted by Crippen LogP contribution is -2.59. The zero-order chi connectivity index (χ0) is 23.9. The van der Waals surface area contributed by atoms with Gasteiger partial charge in [0.2, 0.25) is 23.6 Å². The Morgan fingerprint density at radius 3 is 2.19 bits per heavy atom. The van der Waals surface area contributed by atoms with Crippen LogP contribution in [0.4, 0.5) is 0 Å². The number of aliphatic carboxylic acids is 1. The molecule has 31 heavy (non-hydrogen) atoms. The van der Waals surface area contributed by atoms with Crippen LogP contribution in [-0.2, 0) is 24.0 Å². The summed E-state index contributed by atoms with van der Waals surface area (Å²) in [5, 5.41) is 24.2. The van der Waals surface area contributed by atoms with Crippen LogP contribution in [0.5, 0.6) is 0 Å². The van der Waals surface area contributed by atoms with Gasteiger partial charge in [-0.1, -0.05) is 13.8 Å². The number of hydrogen-bond donors (Lipinski definition) is 6. The second-order valence-corrected chi connectivity index (χ2v) is 8.10. The van der Waals surface area contributed by atoms with Gasteiger partial charge in [-0.2, -0.15) is 0 Å². The molecule has 8 N–H and O–H groups in total. The van der Waals surface area contributed by atoms with Gasteiger partial charge in [0.25, 0.3) is 0 Å². The first kappa shape index (κ1) is 26.3. The summed E-state index contributed by atoms with van der Waals surface area (Å²) in [6, 6.07) is -4.50. The molecule has 1 aliphatic rings. The van der Waals surface area contributed by atoms with E-state index in [1.807, 2.05) is 0 Å².